The average molecular weight is 531 g/mol. The summed E-state index contributed by atoms with van der Waals surface area (Å²) in [5.74, 6) is -2.39. The molecule has 9 nitrogen and oxygen atoms in total. The number of nitriles is 1. The van der Waals surface area contributed by atoms with E-state index in [1.54, 1.807) is 47.5 Å². The molecule has 2 N–H and O–H groups in total. The zero-order chi connectivity index (χ0) is 27.1. The summed E-state index contributed by atoms with van der Waals surface area (Å²) in [4.78, 5) is 11.9. The van der Waals surface area contributed by atoms with Gasteiger partial charge in [-0.3, -0.25) is 9.97 Å². The smallest absolute Gasteiger partial charge is 0.249 e. The third-order valence-corrected chi connectivity index (χ3v) is 6.31. The highest BCUT2D eigenvalue weighted by Crippen LogP contribution is 2.38. The van der Waals surface area contributed by atoms with Gasteiger partial charge in [0.05, 0.1) is 53.3 Å². The number of halogens is 3. The van der Waals surface area contributed by atoms with Crippen molar-refractivity contribution in [3.05, 3.63) is 94.9 Å². The standard InChI is InChI=1S/C26H18ClF2N9/c27-20-7-16(34-24(14-2-1-5-31-10-14)22-13-38(37-36-22)18-3-4-18)6-19-23(15(9-30)11-32-25(19)20)35-17-8-21(28)26(29)33-12-17/h1-2,5-8,10-13,18,24,34H,3-4H2,(H,32,35)/t24-/m1/s1/i24D. The summed E-state index contributed by atoms with van der Waals surface area (Å²) in [5, 5.41) is 25.0. The Morgan fingerprint density at radius 2 is 2.03 bits per heavy atom. The lowest BCUT2D eigenvalue weighted by molar-refractivity contribution is 0.480. The van der Waals surface area contributed by atoms with Crippen LogP contribution in [0.25, 0.3) is 10.9 Å². The Balaban J connectivity index is 1.47. The largest absolute Gasteiger partial charge is 0.373 e. The first-order valence-corrected chi connectivity index (χ1v) is 11.9. The number of hydrogen-bond donors (Lipinski definition) is 2. The monoisotopic (exact) mass is 530 g/mol. The molecule has 0 aliphatic heterocycles. The lowest BCUT2D eigenvalue weighted by Gasteiger charge is -2.19. The van der Waals surface area contributed by atoms with Gasteiger partial charge in [0.2, 0.25) is 5.95 Å². The maximum absolute atomic E-state index is 13.8. The van der Waals surface area contributed by atoms with Crippen molar-refractivity contribution in [2.24, 2.45) is 0 Å². The van der Waals surface area contributed by atoms with Crippen molar-refractivity contribution in [3.8, 4) is 6.07 Å². The Bertz CT molecular complexity index is 1750. The minimum Gasteiger partial charge on any atom is -0.373 e. The molecule has 188 valence electrons. The molecule has 1 aliphatic rings. The SMILES string of the molecule is [2H][C@@](Nc1cc(Cl)c2ncc(C#N)c(Nc3cnc(F)c(F)c3)c2c1)(c1cccnc1)c1cn(C2CC2)nn1. The van der Waals surface area contributed by atoms with Gasteiger partial charge in [0.1, 0.15) is 11.8 Å². The number of rotatable bonds is 7. The highest BCUT2D eigenvalue weighted by Gasteiger charge is 2.27. The molecule has 1 fully saturated rings. The van der Waals surface area contributed by atoms with Gasteiger partial charge < -0.3 is 10.6 Å². The number of pyridine rings is 3. The molecule has 0 bridgehead atoms. The zero-order valence-corrected chi connectivity index (χ0v) is 20.3. The van der Waals surface area contributed by atoms with Gasteiger partial charge in [0.25, 0.3) is 0 Å². The number of nitrogens with zero attached hydrogens (tertiary/aromatic N) is 7. The molecule has 0 amide bonds. The molecule has 4 heterocycles. The van der Waals surface area contributed by atoms with Crippen molar-refractivity contribution in [2.75, 3.05) is 10.6 Å². The van der Waals surface area contributed by atoms with Gasteiger partial charge in [0.15, 0.2) is 5.82 Å². The van der Waals surface area contributed by atoms with Crippen molar-refractivity contribution in [3.63, 3.8) is 0 Å². The van der Waals surface area contributed by atoms with Crippen LogP contribution in [0.1, 0.15) is 43.1 Å². The summed E-state index contributed by atoms with van der Waals surface area (Å²) in [6, 6.07) is 8.40. The Labute approximate surface area is 221 Å². The molecule has 0 spiro atoms. The molecular weight excluding hydrogens is 512 g/mol. The molecule has 1 aliphatic carbocycles. The molecule has 38 heavy (non-hydrogen) atoms. The predicted octanol–water partition coefficient (Wildman–Crippen LogP) is 5.70. The summed E-state index contributed by atoms with van der Waals surface area (Å²) in [5.41, 5.74) is 2.16. The van der Waals surface area contributed by atoms with Crippen LogP contribution in [0.15, 0.2) is 61.3 Å². The van der Waals surface area contributed by atoms with Gasteiger partial charge in [-0.25, -0.2) is 14.1 Å². The van der Waals surface area contributed by atoms with E-state index in [4.69, 9.17) is 11.6 Å². The van der Waals surface area contributed by atoms with E-state index in [2.05, 4.69) is 35.9 Å². The first-order valence-electron chi connectivity index (χ1n) is 12.1. The Morgan fingerprint density at radius 1 is 1.16 bits per heavy atom. The van der Waals surface area contributed by atoms with Crippen molar-refractivity contribution in [1.29, 1.82) is 5.26 Å². The molecule has 4 aromatic heterocycles. The Morgan fingerprint density at radius 3 is 2.76 bits per heavy atom. The first-order chi connectivity index (χ1) is 18.9. The highest BCUT2D eigenvalue weighted by molar-refractivity contribution is 6.36. The van der Waals surface area contributed by atoms with E-state index < -0.39 is 17.8 Å². The number of anilines is 3. The van der Waals surface area contributed by atoms with Crippen LogP contribution >= 0.6 is 11.6 Å². The fourth-order valence-corrected chi connectivity index (χ4v) is 4.30. The molecule has 12 heteroatoms. The topological polar surface area (TPSA) is 117 Å². The van der Waals surface area contributed by atoms with Gasteiger partial charge in [-0.15, -0.1) is 5.10 Å². The average Bonchev–Trinajstić information content (AvgIpc) is 3.67. The molecule has 0 unspecified atom stereocenters. The van der Waals surface area contributed by atoms with Crippen LogP contribution in [0, 0.1) is 23.1 Å². The van der Waals surface area contributed by atoms with Crippen LogP contribution in [-0.2, 0) is 0 Å². The van der Waals surface area contributed by atoms with Crippen molar-refractivity contribution in [1.82, 2.24) is 29.9 Å². The van der Waals surface area contributed by atoms with E-state index in [9.17, 15) is 15.4 Å². The maximum atomic E-state index is 13.8. The number of hydrogen-bond acceptors (Lipinski definition) is 8. The predicted molar refractivity (Wildman–Crippen MR) is 137 cm³/mol. The third-order valence-electron chi connectivity index (χ3n) is 6.02. The van der Waals surface area contributed by atoms with Crippen molar-refractivity contribution < 1.29 is 10.2 Å². The quantitative estimate of drug-likeness (QED) is 0.257. The minimum absolute atomic E-state index is 0.120. The molecule has 0 saturated heterocycles. The summed E-state index contributed by atoms with van der Waals surface area (Å²) < 4.78 is 38.5. The summed E-state index contributed by atoms with van der Waals surface area (Å²) in [7, 11) is 0. The molecule has 0 radical (unpaired) electrons. The van der Waals surface area contributed by atoms with Gasteiger partial charge in [-0.05, 0) is 36.6 Å². The van der Waals surface area contributed by atoms with Gasteiger partial charge in [-0.2, -0.15) is 9.65 Å². The van der Waals surface area contributed by atoms with Gasteiger partial charge >= 0.3 is 0 Å². The Hall–Kier alpha value is -4.69. The van der Waals surface area contributed by atoms with Crippen molar-refractivity contribution in [2.45, 2.75) is 24.9 Å². The molecule has 5 aromatic rings. The normalized spacial score (nSPS) is 14.9. The summed E-state index contributed by atoms with van der Waals surface area (Å²) in [6.45, 7) is 0. The minimum atomic E-state index is -1.60. The zero-order valence-electron chi connectivity index (χ0n) is 20.5. The summed E-state index contributed by atoms with van der Waals surface area (Å²) in [6.07, 6.45) is 9.37. The van der Waals surface area contributed by atoms with E-state index in [1.807, 2.05) is 6.07 Å². The van der Waals surface area contributed by atoms with Crippen LogP contribution in [0.4, 0.5) is 25.8 Å². The molecule has 1 saturated carbocycles. The second kappa shape index (κ2) is 9.64. The van der Waals surface area contributed by atoms with Crippen LogP contribution in [0.3, 0.4) is 0 Å². The second-order valence-electron chi connectivity index (χ2n) is 8.69. The van der Waals surface area contributed by atoms with E-state index in [-0.39, 0.29) is 28.0 Å². The van der Waals surface area contributed by atoms with E-state index in [1.165, 1.54) is 6.20 Å². The molecule has 1 atom stereocenters. The lowest BCUT2D eigenvalue weighted by Crippen LogP contribution is -2.13. The van der Waals surface area contributed by atoms with Crippen molar-refractivity contribution >= 4 is 39.6 Å². The first kappa shape index (κ1) is 22.5. The highest BCUT2D eigenvalue weighted by atomic mass is 35.5. The van der Waals surface area contributed by atoms with Gasteiger partial charge in [0, 0.05) is 35.7 Å². The van der Waals surface area contributed by atoms with Crippen LogP contribution in [0.5, 0.6) is 0 Å². The third kappa shape index (κ3) is 4.57. The number of fused-ring (bicyclic) bond motifs is 1. The second-order valence-corrected chi connectivity index (χ2v) is 9.10. The van der Waals surface area contributed by atoms with E-state index >= 15 is 0 Å². The van der Waals surface area contributed by atoms with E-state index in [0.717, 1.165) is 25.1 Å². The Kier molecular flexibility index (Phi) is 5.71. The van der Waals surface area contributed by atoms with Crippen LogP contribution in [-0.4, -0.2) is 29.9 Å². The molecule has 1 aromatic carbocycles. The molecular formula is C26H18ClF2N9. The van der Waals surface area contributed by atoms with Crippen LogP contribution < -0.4 is 10.6 Å². The fourth-order valence-electron chi connectivity index (χ4n) is 4.03. The van der Waals surface area contributed by atoms with Gasteiger partial charge in [-0.1, -0.05) is 22.9 Å². The number of aromatic nitrogens is 6. The van der Waals surface area contributed by atoms with E-state index in [0.29, 0.717) is 27.8 Å². The van der Waals surface area contributed by atoms with Crippen LogP contribution in [0.2, 0.25) is 5.02 Å². The molecule has 6 rings (SSSR count). The lowest BCUT2D eigenvalue weighted by atomic mass is 10.0. The number of benzene rings is 1. The summed E-state index contributed by atoms with van der Waals surface area (Å²) >= 11 is 6.61. The fraction of sp³-hybridized carbons (Fsp3) is 0.154. The number of nitrogens with one attached hydrogen (secondary N) is 2. The maximum Gasteiger partial charge on any atom is 0.249 e.